The molecule has 166 valence electrons. The molecule has 2 aromatic carbocycles. The molecule has 3 rings (SSSR count). The van der Waals surface area contributed by atoms with Crippen LogP contribution in [0.2, 0.25) is 0 Å². The fourth-order valence-electron chi connectivity index (χ4n) is 3.76. The van der Waals surface area contributed by atoms with E-state index >= 15 is 0 Å². The summed E-state index contributed by atoms with van der Waals surface area (Å²) in [7, 11) is 5.60. The van der Waals surface area contributed by atoms with Crippen LogP contribution >= 0.6 is 11.8 Å². The van der Waals surface area contributed by atoms with Crippen molar-refractivity contribution >= 4 is 17.4 Å². The van der Waals surface area contributed by atoms with Crippen molar-refractivity contribution in [2.45, 2.75) is 31.7 Å². The highest BCUT2D eigenvalue weighted by Crippen LogP contribution is 2.44. The Bertz CT molecular complexity index is 1060. The van der Waals surface area contributed by atoms with Crippen molar-refractivity contribution in [1.82, 2.24) is 10.2 Å². The van der Waals surface area contributed by atoms with E-state index in [2.05, 4.69) is 30.1 Å². The number of hydrogen-bond donors (Lipinski definition) is 3. The molecule has 0 fully saturated rings. The fraction of sp³-hybridized carbons (Fsp3) is 0.375. The van der Waals surface area contributed by atoms with Crippen molar-refractivity contribution < 1.29 is 14.9 Å². The van der Waals surface area contributed by atoms with Gasteiger partial charge in [-0.2, -0.15) is 5.10 Å². The third-order valence-electron chi connectivity index (χ3n) is 5.29. The summed E-state index contributed by atoms with van der Waals surface area (Å²) >= 11 is 1.48. The Labute approximate surface area is 188 Å². The molecule has 3 aromatic rings. The van der Waals surface area contributed by atoms with Crippen molar-refractivity contribution in [2.75, 3.05) is 38.5 Å². The highest BCUT2D eigenvalue weighted by Gasteiger charge is 2.22. The molecule has 0 radical (unpaired) electrons. The van der Waals surface area contributed by atoms with Crippen LogP contribution in [0.3, 0.4) is 0 Å². The molecule has 6 nitrogen and oxygen atoms in total. The second kappa shape index (κ2) is 9.66. The number of thioether (sulfide) groups is 1. The molecule has 3 N–H and O–H groups in total. The van der Waals surface area contributed by atoms with E-state index in [0.29, 0.717) is 11.7 Å². The summed E-state index contributed by atoms with van der Waals surface area (Å²) in [6, 6.07) is 9.86. The minimum absolute atomic E-state index is 0.0607. The number of hydrogen-bond acceptors (Lipinski definition) is 6. The Balaban J connectivity index is 2.25. The number of aryl methyl sites for hydroxylation is 1. The number of H-pyrrole nitrogens is 1. The second-order valence-corrected chi connectivity index (χ2v) is 9.10. The van der Waals surface area contributed by atoms with Gasteiger partial charge in [0.25, 0.3) is 0 Å². The smallest absolute Gasteiger partial charge is 0.142 e. The second-order valence-electron chi connectivity index (χ2n) is 8.01. The predicted molar refractivity (Wildman–Crippen MR) is 129 cm³/mol. The Morgan fingerprint density at radius 1 is 1.19 bits per heavy atom. The van der Waals surface area contributed by atoms with Crippen LogP contribution in [-0.2, 0) is 0 Å². The molecule has 1 heterocycles. The van der Waals surface area contributed by atoms with E-state index in [9.17, 15) is 10.2 Å². The molecule has 0 saturated carbocycles. The molecule has 0 saturated heterocycles. The molecule has 0 aliphatic rings. The number of aliphatic hydroxyl groups is 1. The van der Waals surface area contributed by atoms with E-state index in [4.69, 9.17) is 4.74 Å². The predicted octanol–water partition coefficient (Wildman–Crippen LogP) is 5.04. The highest BCUT2D eigenvalue weighted by molar-refractivity contribution is 7.99. The summed E-state index contributed by atoms with van der Waals surface area (Å²) in [5.41, 5.74) is 6.52. The number of nitrogens with one attached hydrogen (secondary N) is 1. The molecule has 1 aromatic heterocycles. The van der Waals surface area contributed by atoms with Gasteiger partial charge in [-0.25, -0.2) is 0 Å². The zero-order valence-electron chi connectivity index (χ0n) is 19.0. The topological polar surface area (TPSA) is 81.6 Å². The maximum absolute atomic E-state index is 10.8. The van der Waals surface area contributed by atoms with Crippen molar-refractivity contribution in [1.29, 1.82) is 0 Å². The number of aromatic hydroxyl groups is 1. The first kappa shape index (κ1) is 23.0. The molecule has 0 aliphatic heterocycles. The van der Waals surface area contributed by atoms with Crippen LogP contribution in [0.25, 0.3) is 22.4 Å². The standard InChI is InChI=1S/C24H31N3O3S/c1-14(2)17-13-18(20(29)11-15(17)3)23-22(24(26-25-23)31-10-9-28)16-7-8-21(30-6)19(12-16)27(4)5/h7-8,11-14,28-29H,9-10H2,1-6H3,(H,25,26). The van der Waals surface area contributed by atoms with Crippen molar-refractivity contribution in [3.63, 3.8) is 0 Å². The van der Waals surface area contributed by atoms with E-state index in [1.807, 2.05) is 50.2 Å². The summed E-state index contributed by atoms with van der Waals surface area (Å²) in [6.45, 7) is 6.37. The van der Waals surface area contributed by atoms with E-state index in [-0.39, 0.29) is 12.4 Å². The Hall–Kier alpha value is -2.64. The number of aromatic amines is 1. The number of nitrogens with zero attached hydrogens (tertiary/aromatic N) is 2. The van der Waals surface area contributed by atoms with Crippen LogP contribution in [0.4, 0.5) is 5.69 Å². The minimum atomic E-state index is 0.0607. The summed E-state index contributed by atoms with van der Waals surface area (Å²) in [4.78, 5) is 2.00. The molecule has 0 aliphatic carbocycles. The van der Waals surface area contributed by atoms with Crippen LogP contribution in [-0.4, -0.2) is 54.0 Å². The fourth-order valence-corrected chi connectivity index (χ4v) is 4.52. The van der Waals surface area contributed by atoms with Gasteiger partial charge in [0.1, 0.15) is 16.5 Å². The van der Waals surface area contributed by atoms with Gasteiger partial charge in [-0.15, -0.1) is 11.8 Å². The van der Waals surface area contributed by atoms with E-state index in [1.165, 1.54) is 17.3 Å². The first-order valence-corrected chi connectivity index (χ1v) is 11.3. The number of rotatable bonds is 8. The van der Waals surface area contributed by atoms with Gasteiger partial charge in [-0.1, -0.05) is 19.9 Å². The number of methoxy groups -OCH3 is 1. The Morgan fingerprint density at radius 3 is 2.55 bits per heavy atom. The van der Waals surface area contributed by atoms with Gasteiger partial charge in [-0.3, -0.25) is 5.10 Å². The van der Waals surface area contributed by atoms with Gasteiger partial charge < -0.3 is 19.8 Å². The van der Waals surface area contributed by atoms with E-state index in [1.54, 1.807) is 7.11 Å². The van der Waals surface area contributed by atoms with Gasteiger partial charge in [0.15, 0.2) is 0 Å². The van der Waals surface area contributed by atoms with Crippen LogP contribution in [0.5, 0.6) is 11.5 Å². The quantitative estimate of drug-likeness (QED) is 0.425. The highest BCUT2D eigenvalue weighted by atomic mass is 32.2. The molecular formula is C24H31N3O3S. The normalized spacial score (nSPS) is 11.2. The van der Waals surface area contributed by atoms with Crippen molar-refractivity contribution in [3.8, 4) is 33.9 Å². The number of phenols is 1. The van der Waals surface area contributed by atoms with Gasteiger partial charge in [0.05, 0.1) is 25.1 Å². The van der Waals surface area contributed by atoms with Crippen LogP contribution in [0, 0.1) is 6.92 Å². The lowest BCUT2D eigenvalue weighted by Gasteiger charge is -2.18. The van der Waals surface area contributed by atoms with E-state index < -0.39 is 0 Å². The van der Waals surface area contributed by atoms with Crippen molar-refractivity contribution in [3.05, 3.63) is 41.5 Å². The van der Waals surface area contributed by atoms with Gasteiger partial charge in [-0.05, 0) is 53.8 Å². The number of aromatic nitrogens is 2. The number of aliphatic hydroxyl groups excluding tert-OH is 1. The Morgan fingerprint density at radius 2 is 1.94 bits per heavy atom. The van der Waals surface area contributed by atoms with Gasteiger partial charge in [0, 0.05) is 31.0 Å². The lowest BCUT2D eigenvalue weighted by atomic mass is 9.92. The average Bonchev–Trinajstić information content (AvgIpc) is 3.14. The molecule has 0 amide bonds. The number of phenolic OH excluding ortho intramolecular Hbond substituents is 1. The average molecular weight is 442 g/mol. The monoisotopic (exact) mass is 441 g/mol. The zero-order valence-corrected chi connectivity index (χ0v) is 19.8. The maximum atomic E-state index is 10.8. The third kappa shape index (κ3) is 4.67. The van der Waals surface area contributed by atoms with E-state index in [0.717, 1.165) is 44.4 Å². The summed E-state index contributed by atoms with van der Waals surface area (Å²) in [5, 5.41) is 28.6. The molecule has 0 unspecified atom stereocenters. The first-order chi connectivity index (χ1) is 14.8. The molecule has 7 heteroatoms. The van der Waals surface area contributed by atoms with Crippen LogP contribution < -0.4 is 9.64 Å². The molecular weight excluding hydrogens is 410 g/mol. The number of benzene rings is 2. The maximum Gasteiger partial charge on any atom is 0.142 e. The van der Waals surface area contributed by atoms with Crippen LogP contribution in [0.1, 0.15) is 30.9 Å². The summed E-state index contributed by atoms with van der Waals surface area (Å²) < 4.78 is 5.52. The SMILES string of the molecule is COc1ccc(-c2c(SCCO)n[nH]c2-c2cc(C(C)C)c(C)cc2O)cc1N(C)C. The Kier molecular flexibility index (Phi) is 7.18. The third-order valence-corrected chi connectivity index (χ3v) is 6.24. The van der Waals surface area contributed by atoms with Gasteiger partial charge in [0.2, 0.25) is 0 Å². The van der Waals surface area contributed by atoms with Gasteiger partial charge >= 0.3 is 0 Å². The number of ether oxygens (including phenoxy) is 1. The molecule has 0 bridgehead atoms. The van der Waals surface area contributed by atoms with Crippen LogP contribution in [0.15, 0.2) is 35.4 Å². The lowest BCUT2D eigenvalue weighted by Crippen LogP contribution is -2.10. The zero-order chi connectivity index (χ0) is 22.7. The molecule has 31 heavy (non-hydrogen) atoms. The molecule has 0 atom stereocenters. The largest absolute Gasteiger partial charge is 0.507 e. The first-order valence-electron chi connectivity index (χ1n) is 10.3. The number of anilines is 1. The summed E-state index contributed by atoms with van der Waals surface area (Å²) in [6.07, 6.45) is 0. The minimum Gasteiger partial charge on any atom is -0.507 e. The van der Waals surface area contributed by atoms with Crippen molar-refractivity contribution in [2.24, 2.45) is 0 Å². The molecule has 0 spiro atoms. The lowest BCUT2D eigenvalue weighted by molar-refractivity contribution is 0.322. The summed E-state index contributed by atoms with van der Waals surface area (Å²) in [5.74, 6) is 1.86.